The second-order valence-corrected chi connectivity index (χ2v) is 10.0. The lowest BCUT2D eigenvalue weighted by Crippen LogP contribution is -2.56. The van der Waals surface area contributed by atoms with Gasteiger partial charge in [0.05, 0.1) is 6.42 Å². The monoisotopic (exact) mass is 505 g/mol. The maximum atomic E-state index is 12.6. The molecule has 1 unspecified atom stereocenters. The molecule has 1 amide bonds. The lowest BCUT2D eigenvalue weighted by Gasteiger charge is -2.28. The van der Waals surface area contributed by atoms with E-state index in [0.717, 1.165) is 27.9 Å². The predicted octanol–water partition coefficient (Wildman–Crippen LogP) is 6.00. The molecule has 0 aliphatic rings. The molecule has 3 N–H and O–H groups in total. The van der Waals surface area contributed by atoms with Crippen molar-refractivity contribution in [2.45, 2.75) is 23.3 Å². The Bertz CT molecular complexity index is 1070. The van der Waals surface area contributed by atoms with Gasteiger partial charge in [0.25, 0.3) is 0 Å². The van der Waals surface area contributed by atoms with Crippen molar-refractivity contribution >= 4 is 63.7 Å². The molecule has 0 aliphatic heterocycles. The topological polar surface area (TPSA) is 53.2 Å². The molecular formula is C24H22Cl3N3OS. The first-order valence-electron chi connectivity index (χ1n) is 9.85. The molecule has 3 aromatic carbocycles. The van der Waals surface area contributed by atoms with Gasteiger partial charge in [-0.15, -0.1) is 0 Å². The highest BCUT2D eigenvalue weighted by Crippen LogP contribution is 2.29. The van der Waals surface area contributed by atoms with Gasteiger partial charge in [-0.05, 0) is 53.5 Å². The summed E-state index contributed by atoms with van der Waals surface area (Å²) in [6.45, 7) is 1.97. The number of amides is 1. The fraction of sp³-hybridized carbons (Fsp3) is 0.167. The van der Waals surface area contributed by atoms with Crippen LogP contribution in [0.3, 0.4) is 0 Å². The van der Waals surface area contributed by atoms with Gasteiger partial charge in [-0.3, -0.25) is 4.79 Å². The van der Waals surface area contributed by atoms with E-state index in [1.807, 2.05) is 85.8 Å². The Kier molecular flexibility index (Phi) is 8.38. The summed E-state index contributed by atoms with van der Waals surface area (Å²) >= 11 is 23.5. The Morgan fingerprint density at radius 1 is 0.906 bits per heavy atom. The van der Waals surface area contributed by atoms with Crippen LogP contribution in [0.4, 0.5) is 5.69 Å². The third-order valence-electron chi connectivity index (χ3n) is 4.61. The van der Waals surface area contributed by atoms with E-state index in [-0.39, 0.29) is 17.4 Å². The average molecular weight is 507 g/mol. The number of thiocarbonyl (C=S) groups is 1. The maximum Gasteiger partial charge on any atom is 0.228 e. The van der Waals surface area contributed by atoms with Gasteiger partial charge in [0.1, 0.15) is 6.17 Å². The van der Waals surface area contributed by atoms with Crippen LogP contribution in [0, 0.1) is 6.92 Å². The fourth-order valence-corrected chi connectivity index (χ4v) is 3.63. The third kappa shape index (κ3) is 7.38. The maximum absolute atomic E-state index is 12.6. The molecule has 0 spiro atoms. The first-order valence-corrected chi connectivity index (χ1v) is 11.4. The molecule has 0 saturated heterocycles. The van der Waals surface area contributed by atoms with E-state index in [2.05, 4.69) is 16.0 Å². The molecule has 3 aromatic rings. The first-order chi connectivity index (χ1) is 15.2. The Balaban J connectivity index is 1.60. The number of rotatable bonds is 6. The molecule has 4 nitrogen and oxygen atoms in total. The highest BCUT2D eigenvalue weighted by atomic mass is 35.6. The van der Waals surface area contributed by atoms with Gasteiger partial charge in [0.15, 0.2) is 5.11 Å². The first kappa shape index (κ1) is 24.3. The molecule has 32 heavy (non-hydrogen) atoms. The fourth-order valence-electron chi connectivity index (χ4n) is 3.06. The van der Waals surface area contributed by atoms with Gasteiger partial charge < -0.3 is 16.0 Å². The van der Waals surface area contributed by atoms with Crippen LogP contribution in [0.2, 0.25) is 0 Å². The third-order valence-corrected chi connectivity index (χ3v) is 5.48. The number of benzene rings is 3. The van der Waals surface area contributed by atoms with Crippen molar-refractivity contribution in [1.29, 1.82) is 0 Å². The second kappa shape index (κ2) is 11.0. The second-order valence-electron chi connectivity index (χ2n) is 7.25. The van der Waals surface area contributed by atoms with E-state index in [9.17, 15) is 4.79 Å². The summed E-state index contributed by atoms with van der Waals surface area (Å²) in [5.41, 5.74) is 4.88. The average Bonchev–Trinajstić information content (AvgIpc) is 2.74. The van der Waals surface area contributed by atoms with Crippen molar-refractivity contribution in [3.8, 4) is 11.1 Å². The number of anilines is 1. The number of hydrogen-bond donors (Lipinski definition) is 3. The quantitative estimate of drug-likeness (QED) is 0.218. The normalized spacial score (nSPS) is 12.0. The summed E-state index contributed by atoms with van der Waals surface area (Å²) in [4.78, 5) is 12.6. The van der Waals surface area contributed by atoms with E-state index in [1.165, 1.54) is 0 Å². The van der Waals surface area contributed by atoms with Crippen molar-refractivity contribution in [2.24, 2.45) is 0 Å². The largest absolute Gasteiger partial charge is 0.339 e. The lowest BCUT2D eigenvalue weighted by molar-refractivity contribution is -0.121. The molecule has 0 heterocycles. The molecule has 0 saturated carbocycles. The van der Waals surface area contributed by atoms with Crippen LogP contribution in [0.25, 0.3) is 11.1 Å². The number of halogens is 3. The molecule has 166 valence electrons. The van der Waals surface area contributed by atoms with Crippen LogP contribution in [-0.4, -0.2) is 21.0 Å². The van der Waals surface area contributed by atoms with Crippen LogP contribution in [0.5, 0.6) is 0 Å². The Labute approximate surface area is 208 Å². The van der Waals surface area contributed by atoms with Crippen molar-refractivity contribution in [3.05, 3.63) is 90.0 Å². The van der Waals surface area contributed by atoms with Gasteiger partial charge in [-0.25, -0.2) is 0 Å². The summed E-state index contributed by atoms with van der Waals surface area (Å²) in [7, 11) is 0. The van der Waals surface area contributed by atoms with E-state index < -0.39 is 9.96 Å². The minimum absolute atomic E-state index is 0.131. The number of carbonyl (C=O) groups is 1. The Morgan fingerprint density at radius 3 is 2.19 bits per heavy atom. The summed E-state index contributed by atoms with van der Waals surface area (Å²) in [6.07, 6.45) is -0.889. The summed E-state index contributed by atoms with van der Waals surface area (Å²) in [6, 6.07) is 25.4. The van der Waals surface area contributed by atoms with Crippen LogP contribution < -0.4 is 16.0 Å². The molecule has 0 radical (unpaired) electrons. The molecule has 0 fully saturated rings. The van der Waals surface area contributed by atoms with E-state index in [1.54, 1.807) is 0 Å². The zero-order valence-electron chi connectivity index (χ0n) is 17.2. The predicted molar refractivity (Wildman–Crippen MR) is 138 cm³/mol. The van der Waals surface area contributed by atoms with Crippen molar-refractivity contribution in [2.75, 3.05) is 5.32 Å². The summed E-state index contributed by atoms with van der Waals surface area (Å²) < 4.78 is -1.81. The Morgan fingerprint density at radius 2 is 1.56 bits per heavy atom. The van der Waals surface area contributed by atoms with Gasteiger partial charge in [0, 0.05) is 5.69 Å². The van der Waals surface area contributed by atoms with E-state index in [0.29, 0.717) is 0 Å². The van der Waals surface area contributed by atoms with Crippen molar-refractivity contribution < 1.29 is 4.79 Å². The number of alkyl halides is 3. The molecule has 0 bridgehead atoms. The SMILES string of the molecule is Cc1cccc(NC(=S)NC(NC(=O)Cc2ccc(-c3ccccc3)cc2)C(Cl)(Cl)Cl)c1. The summed E-state index contributed by atoms with van der Waals surface area (Å²) in [5, 5.41) is 8.82. The van der Waals surface area contributed by atoms with Gasteiger partial charge in [-0.2, -0.15) is 0 Å². The molecule has 0 aliphatic carbocycles. The number of carbonyl (C=O) groups excluding carboxylic acids is 1. The van der Waals surface area contributed by atoms with E-state index >= 15 is 0 Å². The van der Waals surface area contributed by atoms with Crippen LogP contribution in [-0.2, 0) is 11.2 Å². The van der Waals surface area contributed by atoms with Crippen molar-refractivity contribution in [3.63, 3.8) is 0 Å². The molecule has 1 atom stereocenters. The minimum atomic E-state index is -1.81. The molecular weight excluding hydrogens is 485 g/mol. The zero-order valence-corrected chi connectivity index (χ0v) is 20.3. The van der Waals surface area contributed by atoms with Crippen LogP contribution in [0.1, 0.15) is 11.1 Å². The highest BCUT2D eigenvalue weighted by Gasteiger charge is 2.34. The molecule has 8 heteroatoms. The zero-order chi connectivity index (χ0) is 23.1. The highest BCUT2D eigenvalue weighted by molar-refractivity contribution is 7.80. The number of aryl methyl sites for hydroxylation is 1. The number of hydrogen-bond acceptors (Lipinski definition) is 2. The molecule has 3 rings (SSSR count). The smallest absolute Gasteiger partial charge is 0.228 e. The van der Waals surface area contributed by atoms with Gasteiger partial charge in [-0.1, -0.05) is 102 Å². The summed E-state index contributed by atoms with van der Waals surface area (Å²) in [5.74, 6) is -0.306. The minimum Gasteiger partial charge on any atom is -0.339 e. The standard InChI is InChI=1S/C24H22Cl3N3OS/c1-16-6-5-9-20(14-16)28-23(32)30-22(24(25,26)27)29-21(31)15-17-10-12-19(13-11-17)18-7-3-2-4-8-18/h2-14,22H,15H2,1H3,(H,29,31)(H2,28,30,32). The molecule has 0 aromatic heterocycles. The van der Waals surface area contributed by atoms with E-state index in [4.69, 9.17) is 47.0 Å². The van der Waals surface area contributed by atoms with Crippen LogP contribution >= 0.6 is 47.0 Å². The van der Waals surface area contributed by atoms with Crippen molar-refractivity contribution in [1.82, 2.24) is 10.6 Å². The van der Waals surface area contributed by atoms with Crippen LogP contribution in [0.15, 0.2) is 78.9 Å². The Hall–Kier alpha value is -2.31. The lowest BCUT2D eigenvalue weighted by atomic mass is 10.0. The van der Waals surface area contributed by atoms with Gasteiger partial charge in [0.2, 0.25) is 9.70 Å². The number of nitrogens with one attached hydrogen (secondary N) is 3. The van der Waals surface area contributed by atoms with Gasteiger partial charge >= 0.3 is 0 Å².